The van der Waals surface area contributed by atoms with Gasteiger partial charge in [-0.25, -0.2) is 14.6 Å². The fourth-order valence-corrected chi connectivity index (χ4v) is 3.48. The van der Waals surface area contributed by atoms with Gasteiger partial charge in [-0.2, -0.15) is 5.10 Å². The summed E-state index contributed by atoms with van der Waals surface area (Å²) < 4.78 is 1.76. The number of nitrogens with zero attached hydrogens (tertiary/aromatic N) is 5. The third-order valence-corrected chi connectivity index (χ3v) is 4.92. The van der Waals surface area contributed by atoms with Gasteiger partial charge in [-0.05, 0) is 63.4 Å². The van der Waals surface area contributed by atoms with Crippen molar-refractivity contribution in [1.82, 2.24) is 19.7 Å². The highest BCUT2D eigenvalue weighted by atomic mass is 16.1. The number of aryl methyl sites for hydroxylation is 2. The van der Waals surface area contributed by atoms with Gasteiger partial charge in [-0.3, -0.25) is 4.79 Å². The van der Waals surface area contributed by atoms with E-state index in [1.165, 1.54) is 19.3 Å². The van der Waals surface area contributed by atoms with Crippen molar-refractivity contribution in [2.24, 2.45) is 0 Å². The van der Waals surface area contributed by atoms with Gasteiger partial charge in [0.05, 0.1) is 23.1 Å². The molecule has 1 amide bonds. The molecule has 1 aliphatic heterocycles. The fraction of sp³-hybridized carbons (Fsp3) is 0.333. The zero-order chi connectivity index (χ0) is 19.5. The van der Waals surface area contributed by atoms with E-state index < -0.39 is 0 Å². The number of piperidine rings is 1. The number of aromatic nitrogens is 4. The molecule has 3 aromatic rings. The van der Waals surface area contributed by atoms with E-state index >= 15 is 0 Å². The monoisotopic (exact) mass is 376 g/mol. The van der Waals surface area contributed by atoms with E-state index in [1.807, 2.05) is 32.0 Å². The van der Waals surface area contributed by atoms with Gasteiger partial charge < -0.3 is 10.2 Å². The molecule has 0 saturated carbocycles. The maximum atomic E-state index is 12.5. The van der Waals surface area contributed by atoms with Gasteiger partial charge in [-0.1, -0.05) is 0 Å². The van der Waals surface area contributed by atoms with Gasteiger partial charge >= 0.3 is 0 Å². The number of amides is 1. The Morgan fingerprint density at radius 1 is 0.964 bits per heavy atom. The standard InChI is InChI=1S/C21H24N6O/c1-15-12-16(2)27(25-15)20-8-6-17(13-22-20)21(28)24-18-7-9-19(23-14-18)26-10-4-3-5-11-26/h6-9,12-14H,3-5,10-11H2,1-2H3,(H,24,28). The Morgan fingerprint density at radius 2 is 1.71 bits per heavy atom. The first-order valence-corrected chi connectivity index (χ1v) is 9.62. The zero-order valence-corrected chi connectivity index (χ0v) is 16.2. The minimum atomic E-state index is -0.208. The summed E-state index contributed by atoms with van der Waals surface area (Å²) in [5, 5.41) is 7.29. The molecule has 1 aliphatic rings. The van der Waals surface area contributed by atoms with Crippen molar-refractivity contribution < 1.29 is 4.79 Å². The molecule has 144 valence electrons. The molecule has 0 aromatic carbocycles. The van der Waals surface area contributed by atoms with Crippen molar-refractivity contribution in [2.45, 2.75) is 33.1 Å². The van der Waals surface area contributed by atoms with Crippen LogP contribution in [0.25, 0.3) is 5.82 Å². The first kappa shape index (κ1) is 18.2. The Morgan fingerprint density at radius 3 is 2.32 bits per heavy atom. The molecule has 7 heteroatoms. The summed E-state index contributed by atoms with van der Waals surface area (Å²) in [5.41, 5.74) is 3.10. The number of hydrogen-bond donors (Lipinski definition) is 1. The van der Waals surface area contributed by atoms with E-state index in [0.29, 0.717) is 17.1 Å². The molecule has 7 nitrogen and oxygen atoms in total. The van der Waals surface area contributed by atoms with Gasteiger partial charge in [0.15, 0.2) is 5.82 Å². The topological polar surface area (TPSA) is 75.9 Å². The first-order chi connectivity index (χ1) is 13.6. The van der Waals surface area contributed by atoms with Crippen molar-refractivity contribution in [2.75, 3.05) is 23.3 Å². The second kappa shape index (κ2) is 7.80. The van der Waals surface area contributed by atoms with Gasteiger partial charge in [-0.15, -0.1) is 0 Å². The Kier molecular flexibility index (Phi) is 5.06. The van der Waals surface area contributed by atoms with Crippen LogP contribution >= 0.6 is 0 Å². The van der Waals surface area contributed by atoms with Crippen molar-refractivity contribution in [3.05, 3.63) is 59.7 Å². The average Bonchev–Trinajstić information content (AvgIpc) is 3.07. The SMILES string of the molecule is Cc1cc(C)n(-c2ccc(C(=O)Nc3ccc(N4CCCCC4)nc3)cn2)n1. The van der Waals surface area contributed by atoms with Crippen LogP contribution in [0.2, 0.25) is 0 Å². The van der Waals surface area contributed by atoms with Crippen LogP contribution in [0.1, 0.15) is 41.0 Å². The van der Waals surface area contributed by atoms with Crippen molar-refractivity contribution >= 4 is 17.4 Å². The number of carbonyl (C=O) groups is 1. The highest BCUT2D eigenvalue weighted by Gasteiger charge is 2.13. The molecule has 0 spiro atoms. The Hall–Kier alpha value is -3.22. The maximum Gasteiger partial charge on any atom is 0.257 e. The summed E-state index contributed by atoms with van der Waals surface area (Å²) >= 11 is 0. The van der Waals surface area contributed by atoms with Crippen LogP contribution in [0.5, 0.6) is 0 Å². The van der Waals surface area contributed by atoms with Crippen LogP contribution in [-0.2, 0) is 0 Å². The quantitative estimate of drug-likeness (QED) is 0.754. The molecule has 0 aliphatic carbocycles. The van der Waals surface area contributed by atoms with Gasteiger partial charge in [0, 0.05) is 25.0 Å². The molecule has 4 rings (SSSR count). The smallest absolute Gasteiger partial charge is 0.257 e. The predicted octanol–water partition coefficient (Wildman–Crippen LogP) is 3.52. The molecule has 1 saturated heterocycles. The molecule has 4 heterocycles. The van der Waals surface area contributed by atoms with E-state index in [2.05, 4.69) is 25.3 Å². The third-order valence-electron chi connectivity index (χ3n) is 4.92. The lowest BCUT2D eigenvalue weighted by Gasteiger charge is -2.27. The molecule has 0 atom stereocenters. The van der Waals surface area contributed by atoms with Crippen LogP contribution in [0.15, 0.2) is 42.7 Å². The number of nitrogens with one attached hydrogen (secondary N) is 1. The van der Waals surface area contributed by atoms with Crippen LogP contribution in [-0.4, -0.2) is 38.7 Å². The molecular weight excluding hydrogens is 352 g/mol. The summed E-state index contributed by atoms with van der Waals surface area (Å²) in [6.45, 7) is 6.01. The van der Waals surface area contributed by atoms with Crippen molar-refractivity contribution in [3.8, 4) is 5.82 Å². The van der Waals surface area contributed by atoms with Crippen molar-refractivity contribution in [1.29, 1.82) is 0 Å². The number of anilines is 2. The Balaban J connectivity index is 1.42. The Labute approximate surface area is 164 Å². The second-order valence-electron chi connectivity index (χ2n) is 7.15. The lowest BCUT2D eigenvalue weighted by atomic mass is 10.1. The summed E-state index contributed by atoms with van der Waals surface area (Å²) in [6.07, 6.45) is 6.98. The molecule has 0 radical (unpaired) electrons. The van der Waals surface area contributed by atoms with E-state index in [1.54, 1.807) is 29.2 Å². The van der Waals surface area contributed by atoms with Crippen LogP contribution in [0.4, 0.5) is 11.5 Å². The summed E-state index contributed by atoms with van der Waals surface area (Å²) in [7, 11) is 0. The minimum absolute atomic E-state index is 0.208. The number of hydrogen-bond acceptors (Lipinski definition) is 5. The molecule has 0 unspecified atom stereocenters. The predicted molar refractivity (Wildman–Crippen MR) is 109 cm³/mol. The molecule has 28 heavy (non-hydrogen) atoms. The first-order valence-electron chi connectivity index (χ1n) is 9.62. The zero-order valence-electron chi connectivity index (χ0n) is 16.2. The van der Waals surface area contributed by atoms with Gasteiger partial charge in [0.2, 0.25) is 0 Å². The highest BCUT2D eigenvalue weighted by molar-refractivity contribution is 6.04. The average molecular weight is 376 g/mol. The lowest BCUT2D eigenvalue weighted by Crippen LogP contribution is -2.30. The van der Waals surface area contributed by atoms with Crippen LogP contribution in [0.3, 0.4) is 0 Å². The Bertz CT molecular complexity index is 956. The molecule has 0 bridgehead atoms. The summed E-state index contributed by atoms with van der Waals surface area (Å²) in [5.74, 6) is 1.45. The van der Waals surface area contributed by atoms with E-state index in [4.69, 9.17) is 0 Å². The molecular formula is C21H24N6O. The molecule has 1 N–H and O–H groups in total. The lowest BCUT2D eigenvalue weighted by molar-refractivity contribution is 0.102. The highest BCUT2D eigenvalue weighted by Crippen LogP contribution is 2.19. The second-order valence-corrected chi connectivity index (χ2v) is 7.15. The van der Waals surface area contributed by atoms with E-state index in [-0.39, 0.29) is 5.91 Å². The molecule has 3 aromatic heterocycles. The fourth-order valence-electron chi connectivity index (χ4n) is 3.48. The number of carbonyl (C=O) groups excluding carboxylic acids is 1. The van der Waals surface area contributed by atoms with Gasteiger partial charge in [0.25, 0.3) is 5.91 Å². The van der Waals surface area contributed by atoms with Crippen LogP contribution in [0, 0.1) is 13.8 Å². The largest absolute Gasteiger partial charge is 0.357 e. The minimum Gasteiger partial charge on any atom is -0.357 e. The van der Waals surface area contributed by atoms with Gasteiger partial charge in [0.1, 0.15) is 5.82 Å². The number of pyridine rings is 2. The third kappa shape index (κ3) is 3.88. The number of rotatable bonds is 4. The molecule has 1 fully saturated rings. The summed E-state index contributed by atoms with van der Waals surface area (Å²) in [4.78, 5) is 23.7. The van der Waals surface area contributed by atoms with E-state index in [0.717, 1.165) is 30.3 Å². The summed E-state index contributed by atoms with van der Waals surface area (Å²) in [6, 6.07) is 9.40. The maximum absolute atomic E-state index is 12.5. The van der Waals surface area contributed by atoms with Crippen LogP contribution < -0.4 is 10.2 Å². The van der Waals surface area contributed by atoms with Crippen molar-refractivity contribution in [3.63, 3.8) is 0 Å². The normalized spacial score (nSPS) is 14.1. The van der Waals surface area contributed by atoms with E-state index in [9.17, 15) is 4.79 Å².